The van der Waals surface area contributed by atoms with Crippen molar-refractivity contribution in [3.63, 3.8) is 0 Å². The van der Waals surface area contributed by atoms with Crippen LogP contribution in [0.2, 0.25) is 5.02 Å². The number of thioether (sulfide) groups is 1. The van der Waals surface area contributed by atoms with Crippen molar-refractivity contribution in [1.29, 1.82) is 0 Å². The summed E-state index contributed by atoms with van der Waals surface area (Å²) in [5.41, 5.74) is 0.710. The number of ether oxygens (including phenoxy) is 1. The van der Waals surface area contributed by atoms with Crippen LogP contribution >= 0.6 is 23.4 Å². The van der Waals surface area contributed by atoms with Crippen molar-refractivity contribution in [3.8, 4) is 5.75 Å². The van der Waals surface area contributed by atoms with Crippen LogP contribution in [0.5, 0.6) is 5.75 Å². The fraction of sp³-hybridized carbons (Fsp3) is 0.100. The minimum Gasteiger partial charge on any atom is -0.483 e. The number of rotatable bonds is 7. The molecule has 1 heterocycles. The molecule has 2 N–H and O–H groups in total. The number of imide groups is 1. The molecule has 0 radical (unpaired) electrons. The Morgan fingerprint density at radius 2 is 1.90 bits per heavy atom. The largest absolute Gasteiger partial charge is 0.483 e. The van der Waals surface area contributed by atoms with E-state index < -0.39 is 35.4 Å². The standard InChI is InChI=1S/C20H14ClFN2O6S/c21-12-1-6-15(30-10-17(25)23-14-4-2-13(22)3-5-14)11(7-12)8-16-19(28)24(9-18(26)27)20(29)31-16/h1-8H,9-10H2,(H,23,25)(H,26,27)/b16-8-. The third-order valence-electron chi connectivity index (χ3n) is 3.91. The quantitative estimate of drug-likeness (QED) is 0.601. The molecule has 31 heavy (non-hydrogen) atoms. The summed E-state index contributed by atoms with van der Waals surface area (Å²) in [4.78, 5) is 47.8. The predicted molar refractivity (Wildman–Crippen MR) is 112 cm³/mol. The average molecular weight is 465 g/mol. The van der Waals surface area contributed by atoms with E-state index in [-0.39, 0.29) is 17.3 Å². The lowest BCUT2D eigenvalue weighted by molar-refractivity contribution is -0.140. The number of aliphatic carboxylic acids is 1. The van der Waals surface area contributed by atoms with Gasteiger partial charge in [0.05, 0.1) is 4.91 Å². The molecule has 1 saturated heterocycles. The summed E-state index contributed by atoms with van der Waals surface area (Å²) >= 11 is 6.59. The van der Waals surface area contributed by atoms with E-state index in [1.807, 2.05) is 0 Å². The third-order valence-corrected chi connectivity index (χ3v) is 5.05. The van der Waals surface area contributed by atoms with Gasteiger partial charge in [-0.05, 0) is 60.3 Å². The van der Waals surface area contributed by atoms with Crippen LogP contribution in [0.3, 0.4) is 0 Å². The maximum absolute atomic E-state index is 12.9. The number of halogens is 2. The average Bonchev–Trinajstić information content (AvgIpc) is 2.96. The van der Waals surface area contributed by atoms with Crippen molar-refractivity contribution >= 4 is 58.1 Å². The summed E-state index contributed by atoms with van der Waals surface area (Å²) < 4.78 is 18.5. The molecule has 0 aromatic heterocycles. The summed E-state index contributed by atoms with van der Waals surface area (Å²) in [5, 5.41) is 11.0. The Morgan fingerprint density at radius 3 is 2.58 bits per heavy atom. The molecule has 3 rings (SSSR count). The minimum absolute atomic E-state index is 0.00543. The molecule has 160 valence electrons. The SMILES string of the molecule is O=C(O)CN1C(=O)S/C(=C\c2cc(Cl)ccc2OCC(=O)Nc2ccc(F)cc2)C1=O. The molecule has 1 aliphatic rings. The van der Waals surface area contributed by atoms with Crippen molar-refractivity contribution in [2.45, 2.75) is 0 Å². The molecular formula is C20H14ClFN2O6S. The normalized spacial score (nSPS) is 14.8. The highest BCUT2D eigenvalue weighted by molar-refractivity contribution is 8.18. The second kappa shape index (κ2) is 9.63. The second-order valence-electron chi connectivity index (χ2n) is 6.19. The molecular weight excluding hydrogens is 451 g/mol. The number of carbonyl (C=O) groups excluding carboxylic acids is 3. The van der Waals surface area contributed by atoms with Gasteiger partial charge in [-0.3, -0.25) is 24.1 Å². The van der Waals surface area contributed by atoms with E-state index in [0.29, 0.717) is 32.9 Å². The number of hydrogen-bond donors (Lipinski definition) is 2. The van der Waals surface area contributed by atoms with Gasteiger partial charge in [0.2, 0.25) is 0 Å². The van der Waals surface area contributed by atoms with Crippen molar-refractivity contribution in [2.24, 2.45) is 0 Å². The molecule has 3 amide bonds. The number of carbonyl (C=O) groups is 4. The van der Waals surface area contributed by atoms with E-state index in [2.05, 4.69) is 5.32 Å². The molecule has 0 saturated carbocycles. The molecule has 11 heteroatoms. The van der Waals surface area contributed by atoms with Gasteiger partial charge in [-0.15, -0.1) is 0 Å². The fourth-order valence-electron chi connectivity index (χ4n) is 2.55. The topological polar surface area (TPSA) is 113 Å². The Labute approximate surface area is 184 Å². The van der Waals surface area contributed by atoms with E-state index >= 15 is 0 Å². The van der Waals surface area contributed by atoms with Gasteiger partial charge >= 0.3 is 5.97 Å². The van der Waals surface area contributed by atoms with E-state index in [9.17, 15) is 23.6 Å². The fourth-order valence-corrected chi connectivity index (χ4v) is 3.56. The molecule has 2 aromatic carbocycles. The van der Waals surface area contributed by atoms with Gasteiger partial charge in [0, 0.05) is 16.3 Å². The van der Waals surface area contributed by atoms with Crippen LogP contribution in [-0.2, 0) is 14.4 Å². The molecule has 8 nitrogen and oxygen atoms in total. The van der Waals surface area contributed by atoms with E-state index in [4.69, 9.17) is 21.4 Å². The molecule has 2 aromatic rings. The summed E-state index contributed by atoms with van der Waals surface area (Å²) in [7, 11) is 0. The van der Waals surface area contributed by atoms with Gasteiger partial charge in [-0.1, -0.05) is 11.6 Å². The first-order valence-corrected chi connectivity index (χ1v) is 9.87. The number of anilines is 1. The van der Waals surface area contributed by atoms with Crippen LogP contribution in [0.4, 0.5) is 14.9 Å². The Hall–Kier alpha value is -3.37. The van der Waals surface area contributed by atoms with Crippen molar-refractivity contribution in [2.75, 3.05) is 18.5 Å². The van der Waals surface area contributed by atoms with Gasteiger partial charge in [0.15, 0.2) is 6.61 Å². The highest BCUT2D eigenvalue weighted by Crippen LogP contribution is 2.34. The summed E-state index contributed by atoms with van der Waals surface area (Å²) in [6.45, 7) is -1.13. The van der Waals surface area contributed by atoms with Gasteiger partial charge in [0.25, 0.3) is 17.1 Å². The summed E-state index contributed by atoms with van der Waals surface area (Å²) in [6, 6.07) is 9.67. The monoisotopic (exact) mass is 464 g/mol. The highest BCUT2D eigenvalue weighted by atomic mass is 35.5. The molecule has 0 atom stereocenters. The van der Waals surface area contributed by atoms with Gasteiger partial charge in [-0.25, -0.2) is 4.39 Å². The van der Waals surface area contributed by atoms with Gasteiger partial charge < -0.3 is 15.2 Å². The molecule has 0 spiro atoms. The molecule has 1 fully saturated rings. The van der Waals surface area contributed by atoms with E-state index in [1.54, 1.807) is 0 Å². The van der Waals surface area contributed by atoms with E-state index in [0.717, 1.165) is 0 Å². The van der Waals surface area contributed by atoms with Crippen LogP contribution in [0.25, 0.3) is 6.08 Å². The van der Waals surface area contributed by atoms with Crippen molar-refractivity contribution in [3.05, 3.63) is 63.8 Å². The molecule has 1 aliphatic heterocycles. The van der Waals surface area contributed by atoms with Crippen LogP contribution in [0, 0.1) is 5.82 Å². The zero-order valence-electron chi connectivity index (χ0n) is 15.6. The first kappa shape index (κ1) is 22.3. The number of carboxylic acid groups (broad SMARTS) is 1. The van der Waals surface area contributed by atoms with Crippen molar-refractivity contribution in [1.82, 2.24) is 4.90 Å². The zero-order chi connectivity index (χ0) is 22.5. The number of hydrogen-bond acceptors (Lipinski definition) is 6. The van der Waals surface area contributed by atoms with Crippen LogP contribution in [0.15, 0.2) is 47.4 Å². The minimum atomic E-state index is -1.32. The summed E-state index contributed by atoms with van der Waals surface area (Å²) in [5.74, 6) is -2.80. The van der Waals surface area contributed by atoms with Gasteiger partial charge in [-0.2, -0.15) is 0 Å². The highest BCUT2D eigenvalue weighted by Gasteiger charge is 2.36. The Morgan fingerprint density at radius 1 is 1.19 bits per heavy atom. The maximum Gasteiger partial charge on any atom is 0.323 e. The second-order valence-corrected chi connectivity index (χ2v) is 7.62. The van der Waals surface area contributed by atoms with Crippen LogP contribution in [-0.4, -0.2) is 46.2 Å². The number of nitrogens with zero attached hydrogens (tertiary/aromatic N) is 1. The Balaban J connectivity index is 1.73. The van der Waals surface area contributed by atoms with E-state index in [1.165, 1.54) is 48.5 Å². The predicted octanol–water partition coefficient (Wildman–Crippen LogP) is 3.62. The Kier molecular flexibility index (Phi) is 6.93. The first-order valence-electron chi connectivity index (χ1n) is 8.68. The Bertz CT molecular complexity index is 1090. The summed E-state index contributed by atoms with van der Waals surface area (Å²) in [6.07, 6.45) is 1.34. The third kappa shape index (κ3) is 5.83. The lowest BCUT2D eigenvalue weighted by atomic mass is 10.2. The molecule has 0 bridgehead atoms. The van der Waals surface area contributed by atoms with Crippen LogP contribution in [0.1, 0.15) is 5.56 Å². The molecule has 0 aliphatic carbocycles. The maximum atomic E-state index is 12.9. The van der Waals surface area contributed by atoms with Crippen LogP contribution < -0.4 is 10.1 Å². The molecule has 0 unspecified atom stereocenters. The lowest BCUT2D eigenvalue weighted by Crippen LogP contribution is -2.33. The smallest absolute Gasteiger partial charge is 0.323 e. The van der Waals surface area contributed by atoms with Gasteiger partial charge in [0.1, 0.15) is 18.1 Å². The number of benzene rings is 2. The number of carboxylic acids is 1. The lowest BCUT2D eigenvalue weighted by Gasteiger charge is -2.11. The number of amides is 3. The first-order chi connectivity index (χ1) is 14.7. The van der Waals surface area contributed by atoms with Crippen molar-refractivity contribution < 1.29 is 33.4 Å². The zero-order valence-corrected chi connectivity index (χ0v) is 17.2. The number of nitrogens with one attached hydrogen (secondary N) is 1.